The van der Waals surface area contributed by atoms with Gasteiger partial charge in [-0.15, -0.1) is 0 Å². The van der Waals surface area contributed by atoms with E-state index < -0.39 is 17.7 Å². The van der Waals surface area contributed by atoms with Gasteiger partial charge in [0, 0.05) is 31.3 Å². The van der Waals surface area contributed by atoms with E-state index in [1.165, 1.54) is 0 Å². The maximum atomic E-state index is 12.4. The maximum Gasteiger partial charge on any atom is 0.408 e. The van der Waals surface area contributed by atoms with Crippen LogP contribution in [0.15, 0.2) is 36.5 Å². The fraction of sp³-hybridized carbons (Fsp3) is 0.583. The minimum absolute atomic E-state index is 0.0298. The van der Waals surface area contributed by atoms with Crippen molar-refractivity contribution in [3.05, 3.63) is 36.5 Å². The normalized spacial score (nSPS) is 17.9. The highest BCUT2D eigenvalue weighted by molar-refractivity contribution is 5.88. The Hall–Kier alpha value is -3.10. The number of allylic oxidation sites excluding steroid dienone is 1. The quantitative estimate of drug-likeness (QED) is 0.464. The highest BCUT2D eigenvalue weighted by Crippen LogP contribution is 2.19. The van der Waals surface area contributed by atoms with E-state index in [4.69, 9.17) is 14.2 Å². The van der Waals surface area contributed by atoms with E-state index in [1.54, 1.807) is 52.0 Å². The van der Waals surface area contributed by atoms with Crippen LogP contribution < -0.4 is 10.1 Å². The number of ether oxygens (including phenoxy) is 3. The van der Waals surface area contributed by atoms with E-state index in [-0.39, 0.29) is 17.9 Å². The Morgan fingerprint density at radius 3 is 2.55 bits per heavy atom. The average Bonchev–Trinajstić information content (AvgIpc) is 3.00. The first kappa shape index (κ1) is 27.9. The van der Waals surface area contributed by atoms with Gasteiger partial charge in [0.05, 0.1) is 13.7 Å². The van der Waals surface area contributed by atoms with Crippen LogP contribution in [0.25, 0.3) is 0 Å². The topological polar surface area (TPSA) is 107 Å². The number of carbonyl (C=O) groups excluding carboxylic acids is 3. The lowest BCUT2D eigenvalue weighted by Crippen LogP contribution is -2.43. The van der Waals surface area contributed by atoms with Crippen molar-refractivity contribution in [3.8, 4) is 5.88 Å². The highest BCUT2D eigenvalue weighted by Gasteiger charge is 2.37. The molecule has 1 aromatic heterocycles. The molecule has 1 fully saturated rings. The molecule has 0 radical (unpaired) electrons. The minimum Gasteiger partial charge on any atom is -0.481 e. The zero-order valence-corrected chi connectivity index (χ0v) is 20.5. The summed E-state index contributed by atoms with van der Waals surface area (Å²) in [6.07, 6.45) is 6.30. The Morgan fingerprint density at radius 1 is 1.27 bits per heavy atom. The molecule has 184 valence electrons. The fourth-order valence-corrected chi connectivity index (χ4v) is 3.04. The van der Waals surface area contributed by atoms with Crippen LogP contribution >= 0.6 is 0 Å². The zero-order chi connectivity index (χ0) is 24.9. The average molecular weight is 464 g/mol. The maximum absolute atomic E-state index is 12.4. The number of rotatable bonds is 8. The van der Waals surface area contributed by atoms with Crippen molar-refractivity contribution in [1.29, 1.82) is 0 Å². The molecule has 9 heteroatoms. The Balaban J connectivity index is 0.000000568. The molecule has 2 rings (SSSR count). The summed E-state index contributed by atoms with van der Waals surface area (Å²) >= 11 is 0. The Morgan fingerprint density at radius 2 is 2.00 bits per heavy atom. The number of carbonyl (C=O) groups is 3. The predicted octanol–water partition coefficient (Wildman–Crippen LogP) is 3.49. The van der Waals surface area contributed by atoms with Gasteiger partial charge in [-0.05, 0) is 53.5 Å². The van der Waals surface area contributed by atoms with Gasteiger partial charge in [-0.25, -0.2) is 9.78 Å². The molecule has 1 aromatic rings. The molecule has 1 N–H and O–H groups in total. The van der Waals surface area contributed by atoms with E-state index >= 15 is 0 Å². The third kappa shape index (κ3) is 11.4. The van der Waals surface area contributed by atoms with Crippen molar-refractivity contribution < 1.29 is 28.6 Å². The van der Waals surface area contributed by atoms with Gasteiger partial charge >= 0.3 is 12.1 Å². The molecule has 2 unspecified atom stereocenters. The largest absolute Gasteiger partial charge is 0.481 e. The third-order valence-corrected chi connectivity index (χ3v) is 4.52. The van der Waals surface area contributed by atoms with Gasteiger partial charge in [0.2, 0.25) is 11.8 Å². The highest BCUT2D eigenvalue weighted by atomic mass is 16.6. The molecule has 2 atom stereocenters. The van der Waals surface area contributed by atoms with Crippen LogP contribution in [0.1, 0.15) is 53.9 Å². The molecule has 9 nitrogen and oxygen atoms in total. The van der Waals surface area contributed by atoms with E-state index in [9.17, 15) is 14.4 Å². The molecule has 33 heavy (non-hydrogen) atoms. The molecule has 0 bridgehead atoms. The molecular weight excluding hydrogens is 426 g/mol. The molecule has 2 amide bonds. The Kier molecular flexibility index (Phi) is 12.0. The molecule has 2 heterocycles. The van der Waals surface area contributed by atoms with Crippen LogP contribution in [0.5, 0.6) is 5.88 Å². The number of hydrogen-bond donors (Lipinski definition) is 1. The summed E-state index contributed by atoms with van der Waals surface area (Å²) in [5, 5.41) is 2.64. The molecule has 0 spiro atoms. The standard InChI is InChI=1S/C18H30N2O5.C6H7NO/c1-6-24-15(21)10-8-7-9-11-20-13(2)12-14(16(20)22)19-17(23)25-18(3,4)5;1-8-6-4-2-3-5-7-6/h7,9,13-14H,6,8,10-12H2,1-5H3,(H,19,23);2-5H,1H3/b9-7+;. The summed E-state index contributed by atoms with van der Waals surface area (Å²) in [5.41, 5.74) is -0.599. The second-order valence-corrected chi connectivity index (χ2v) is 8.46. The number of esters is 1. The van der Waals surface area contributed by atoms with Gasteiger partial charge < -0.3 is 24.4 Å². The summed E-state index contributed by atoms with van der Waals surface area (Å²) in [6, 6.07) is 5.01. The summed E-state index contributed by atoms with van der Waals surface area (Å²) in [5.74, 6) is 0.320. The number of pyridine rings is 1. The molecule has 1 aliphatic heterocycles. The summed E-state index contributed by atoms with van der Waals surface area (Å²) in [7, 11) is 1.60. The second kappa shape index (κ2) is 14.1. The molecule has 1 saturated heterocycles. The first-order chi connectivity index (χ1) is 15.6. The van der Waals surface area contributed by atoms with Crippen molar-refractivity contribution in [2.24, 2.45) is 0 Å². The molecule has 0 aromatic carbocycles. The van der Waals surface area contributed by atoms with Gasteiger partial charge in [-0.1, -0.05) is 18.2 Å². The molecule has 1 aliphatic rings. The van der Waals surface area contributed by atoms with Crippen molar-refractivity contribution in [3.63, 3.8) is 0 Å². The van der Waals surface area contributed by atoms with E-state index in [2.05, 4.69) is 10.3 Å². The number of aromatic nitrogens is 1. The van der Waals surface area contributed by atoms with Gasteiger partial charge in [0.25, 0.3) is 0 Å². The van der Waals surface area contributed by atoms with Crippen molar-refractivity contribution in [2.45, 2.75) is 71.6 Å². The first-order valence-corrected chi connectivity index (χ1v) is 11.1. The predicted molar refractivity (Wildman–Crippen MR) is 125 cm³/mol. The molecular formula is C24H37N3O6. The zero-order valence-electron chi connectivity index (χ0n) is 20.5. The fourth-order valence-electron chi connectivity index (χ4n) is 3.04. The van der Waals surface area contributed by atoms with Crippen molar-refractivity contribution in [2.75, 3.05) is 20.3 Å². The van der Waals surface area contributed by atoms with E-state index in [0.717, 1.165) is 0 Å². The van der Waals surface area contributed by atoms with Crippen LogP contribution in [-0.4, -0.2) is 65.8 Å². The lowest BCUT2D eigenvalue weighted by molar-refractivity contribution is -0.143. The van der Waals surface area contributed by atoms with Gasteiger partial charge in [0.15, 0.2) is 0 Å². The number of likely N-dealkylation sites (tertiary alicyclic amines) is 1. The smallest absolute Gasteiger partial charge is 0.408 e. The number of hydrogen-bond acceptors (Lipinski definition) is 7. The van der Waals surface area contributed by atoms with Crippen LogP contribution in [-0.2, 0) is 19.1 Å². The number of alkyl carbamates (subject to hydrolysis) is 1. The van der Waals surface area contributed by atoms with Crippen LogP contribution in [0, 0.1) is 0 Å². The van der Waals surface area contributed by atoms with Crippen molar-refractivity contribution >= 4 is 18.0 Å². The third-order valence-electron chi connectivity index (χ3n) is 4.52. The summed E-state index contributed by atoms with van der Waals surface area (Å²) < 4.78 is 14.9. The number of amides is 2. The number of methoxy groups -OCH3 is 1. The van der Waals surface area contributed by atoms with Gasteiger partial charge in [-0.2, -0.15) is 0 Å². The summed E-state index contributed by atoms with van der Waals surface area (Å²) in [6.45, 7) is 9.89. The second-order valence-electron chi connectivity index (χ2n) is 8.46. The number of nitrogens with one attached hydrogen (secondary N) is 1. The Bertz CT molecular complexity index is 776. The SMILES string of the molecule is CCOC(=O)CC/C=C/CN1C(=O)C(NC(=O)OC(C)(C)C)CC1C.COc1ccccn1. The van der Waals surface area contributed by atoms with Crippen LogP contribution in [0.4, 0.5) is 4.79 Å². The molecule has 0 aliphatic carbocycles. The summed E-state index contributed by atoms with van der Waals surface area (Å²) in [4.78, 5) is 41.1. The minimum atomic E-state index is -0.599. The lowest BCUT2D eigenvalue weighted by atomic mass is 10.2. The monoisotopic (exact) mass is 463 g/mol. The van der Waals surface area contributed by atoms with Crippen LogP contribution in [0.3, 0.4) is 0 Å². The van der Waals surface area contributed by atoms with Crippen molar-refractivity contribution in [1.82, 2.24) is 15.2 Å². The molecule has 0 saturated carbocycles. The number of nitrogens with zero attached hydrogens (tertiary/aromatic N) is 2. The van der Waals surface area contributed by atoms with Gasteiger partial charge in [-0.3, -0.25) is 9.59 Å². The van der Waals surface area contributed by atoms with Crippen LogP contribution in [0.2, 0.25) is 0 Å². The first-order valence-electron chi connectivity index (χ1n) is 11.1. The van der Waals surface area contributed by atoms with E-state index in [0.29, 0.717) is 38.3 Å². The lowest BCUT2D eigenvalue weighted by Gasteiger charge is -2.21. The Labute approximate surface area is 196 Å². The van der Waals surface area contributed by atoms with E-state index in [1.807, 2.05) is 31.2 Å². The van der Waals surface area contributed by atoms with Gasteiger partial charge in [0.1, 0.15) is 11.6 Å².